The molecule has 0 bridgehead atoms. The number of hydrogen-bond acceptors (Lipinski definition) is 4. The number of nitrogens with zero attached hydrogens (tertiary/aromatic N) is 1. The quantitative estimate of drug-likeness (QED) is 0.926. The van der Waals surface area contributed by atoms with Crippen molar-refractivity contribution in [3.05, 3.63) is 17.2 Å². The number of halogens is 3. The zero-order valence-electron chi connectivity index (χ0n) is 7.91. The van der Waals surface area contributed by atoms with Gasteiger partial charge in [-0.25, -0.2) is 13.8 Å². The van der Waals surface area contributed by atoms with Gasteiger partial charge in [0.05, 0.1) is 15.2 Å². The first-order valence-electron chi connectivity index (χ1n) is 4.33. The lowest BCUT2D eigenvalue weighted by Crippen LogP contribution is -2.07. The molecule has 0 radical (unpaired) electrons. The maximum atomic E-state index is 12.0. The minimum atomic E-state index is -2.53. The van der Waals surface area contributed by atoms with Crippen LogP contribution in [0.1, 0.15) is 0 Å². The van der Waals surface area contributed by atoms with Gasteiger partial charge in [-0.3, -0.25) is 0 Å². The van der Waals surface area contributed by atoms with Crippen LogP contribution >= 0.6 is 22.9 Å². The summed E-state index contributed by atoms with van der Waals surface area (Å²) >= 11 is 7.10. The van der Waals surface area contributed by atoms with Crippen molar-refractivity contribution in [1.29, 1.82) is 0 Å². The number of thiazole rings is 1. The second kappa shape index (κ2) is 4.39. The summed E-state index contributed by atoms with van der Waals surface area (Å²) in [6.45, 7) is -0.681. The Kier molecular flexibility index (Phi) is 3.11. The Bertz CT molecular complexity index is 517. The van der Waals surface area contributed by atoms with Crippen LogP contribution in [0.3, 0.4) is 0 Å². The number of fused-ring (bicyclic) bond motifs is 1. The molecule has 0 aliphatic carbocycles. The van der Waals surface area contributed by atoms with Gasteiger partial charge in [0.25, 0.3) is 6.43 Å². The Balaban J connectivity index is 2.34. The summed E-state index contributed by atoms with van der Waals surface area (Å²) in [4.78, 5) is 4.02. The van der Waals surface area contributed by atoms with Crippen molar-refractivity contribution in [3.63, 3.8) is 0 Å². The number of ether oxygens (including phenoxy) is 1. The smallest absolute Gasteiger partial charge is 0.272 e. The molecule has 7 heteroatoms. The molecule has 16 heavy (non-hydrogen) atoms. The van der Waals surface area contributed by atoms with Gasteiger partial charge in [0.15, 0.2) is 5.13 Å². The first-order valence-corrected chi connectivity index (χ1v) is 5.52. The third kappa shape index (κ3) is 2.33. The van der Waals surface area contributed by atoms with Crippen molar-refractivity contribution < 1.29 is 13.5 Å². The highest BCUT2D eigenvalue weighted by Gasteiger charge is 2.10. The average molecular weight is 265 g/mol. The van der Waals surface area contributed by atoms with Gasteiger partial charge >= 0.3 is 0 Å². The minimum Gasteiger partial charge on any atom is -0.486 e. The molecule has 1 aromatic heterocycles. The van der Waals surface area contributed by atoms with Gasteiger partial charge in [-0.15, -0.1) is 0 Å². The molecule has 0 atom stereocenters. The summed E-state index contributed by atoms with van der Waals surface area (Å²) < 4.78 is 29.6. The van der Waals surface area contributed by atoms with Crippen molar-refractivity contribution in [1.82, 2.24) is 4.98 Å². The Morgan fingerprint density at radius 3 is 2.94 bits per heavy atom. The van der Waals surface area contributed by atoms with Crippen molar-refractivity contribution in [3.8, 4) is 5.75 Å². The zero-order chi connectivity index (χ0) is 11.7. The van der Waals surface area contributed by atoms with Gasteiger partial charge in [-0.1, -0.05) is 22.9 Å². The molecule has 1 aromatic carbocycles. The Labute approximate surface area is 98.8 Å². The normalized spacial score (nSPS) is 11.2. The van der Waals surface area contributed by atoms with E-state index in [0.29, 0.717) is 10.6 Å². The molecule has 1 heterocycles. The van der Waals surface area contributed by atoms with E-state index in [0.717, 1.165) is 4.70 Å². The van der Waals surface area contributed by atoms with E-state index in [4.69, 9.17) is 22.1 Å². The number of benzene rings is 1. The van der Waals surface area contributed by atoms with Crippen LogP contribution in [-0.2, 0) is 0 Å². The fourth-order valence-corrected chi connectivity index (χ4v) is 2.17. The number of alkyl halides is 2. The highest BCUT2D eigenvalue weighted by Crippen LogP contribution is 2.33. The van der Waals surface area contributed by atoms with Crippen LogP contribution in [0.4, 0.5) is 13.9 Å². The fraction of sp³-hybridized carbons (Fsp3) is 0.222. The van der Waals surface area contributed by atoms with E-state index in [2.05, 4.69) is 4.98 Å². The van der Waals surface area contributed by atoms with Crippen LogP contribution in [0, 0.1) is 0 Å². The summed E-state index contributed by atoms with van der Waals surface area (Å²) in [5, 5.41) is 0.649. The summed E-state index contributed by atoms with van der Waals surface area (Å²) in [6.07, 6.45) is -2.53. The first kappa shape index (κ1) is 11.3. The topological polar surface area (TPSA) is 48.1 Å². The average Bonchev–Trinajstić information content (AvgIpc) is 2.53. The summed E-state index contributed by atoms with van der Waals surface area (Å²) in [5.74, 6) is 0.220. The van der Waals surface area contributed by atoms with E-state index in [9.17, 15) is 8.78 Å². The predicted molar refractivity (Wildman–Crippen MR) is 60.5 cm³/mol. The predicted octanol–water partition coefficient (Wildman–Crippen LogP) is 3.18. The second-order valence-corrected chi connectivity index (χ2v) is 4.47. The molecule has 2 N–H and O–H groups in total. The maximum Gasteiger partial charge on any atom is 0.272 e. The van der Waals surface area contributed by atoms with Gasteiger partial charge in [0.1, 0.15) is 12.4 Å². The zero-order valence-corrected chi connectivity index (χ0v) is 9.49. The largest absolute Gasteiger partial charge is 0.486 e. The molecule has 0 saturated heterocycles. The molecular weight excluding hydrogens is 258 g/mol. The molecule has 0 saturated carbocycles. The van der Waals surface area contributed by atoms with Crippen LogP contribution in [0.2, 0.25) is 5.02 Å². The maximum absolute atomic E-state index is 12.0. The van der Waals surface area contributed by atoms with Crippen LogP contribution in [0.5, 0.6) is 5.75 Å². The fourth-order valence-electron chi connectivity index (χ4n) is 1.21. The molecule has 86 valence electrons. The summed E-state index contributed by atoms with van der Waals surface area (Å²) in [5.41, 5.74) is 6.15. The number of nitrogen functional groups attached to an aromatic ring is 1. The third-order valence-corrected chi connectivity index (χ3v) is 2.97. The van der Waals surface area contributed by atoms with E-state index in [1.165, 1.54) is 11.3 Å². The van der Waals surface area contributed by atoms with E-state index in [-0.39, 0.29) is 10.8 Å². The molecular formula is C9H7ClF2N2OS. The second-order valence-electron chi connectivity index (χ2n) is 3.00. The summed E-state index contributed by atoms with van der Waals surface area (Å²) in [6, 6.07) is 3.11. The highest BCUT2D eigenvalue weighted by molar-refractivity contribution is 7.22. The van der Waals surface area contributed by atoms with E-state index in [1.807, 2.05) is 0 Å². The summed E-state index contributed by atoms with van der Waals surface area (Å²) in [7, 11) is 0. The van der Waals surface area contributed by atoms with Crippen LogP contribution in [0.25, 0.3) is 10.2 Å². The lowest BCUT2D eigenvalue weighted by atomic mass is 10.3. The number of aromatic nitrogens is 1. The van der Waals surface area contributed by atoms with Crippen molar-refractivity contribution >= 4 is 38.3 Å². The van der Waals surface area contributed by atoms with Gasteiger partial charge in [0.2, 0.25) is 0 Å². The molecule has 0 fully saturated rings. The van der Waals surface area contributed by atoms with Gasteiger partial charge < -0.3 is 10.5 Å². The lowest BCUT2D eigenvalue weighted by molar-refractivity contribution is 0.0820. The molecule has 0 unspecified atom stereocenters. The van der Waals surface area contributed by atoms with E-state index < -0.39 is 13.0 Å². The van der Waals surface area contributed by atoms with Gasteiger partial charge in [-0.05, 0) is 6.07 Å². The lowest BCUT2D eigenvalue weighted by Gasteiger charge is -2.06. The van der Waals surface area contributed by atoms with Gasteiger partial charge in [0, 0.05) is 6.07 Å². The first-order chi connectivity index (χ1) is 7.56. The molecule has 3 nitrogen and oxygen atoms in total. The Morgan fingerprint density at radius 1 is 1.50 bits per heavy atom. The third-order valence-electron chi connectivity index (χ3n) is 1.82. The highest BCUT2D eigenvalue weighted by atomic mass is 35.5. The number of nitrogens with two attached hydrogens (primary N) is 1. The van der Waals surface area contributed by atoms with Crippen LogP contribution in [-0.4, -0.2) is 18.0 Å². The number of rotatable bonds is 3. The number of hydrogen-bond donors (Lipinski definition) is 1. The Hall–Kier alpha value is -1.14. The molecule has 0 aliphatic heterocycles. The molecule has 2 rings (SSSR count). The minimum absolute atomic E-state index is 0.220. The molecule has 0 amide bonds. The number of anilines is 1. The van der Waals surface area contributed by atoms with Crippen molar-refractivity contribution in [2.24, 2.45) is 0 Å². The monoisotopic (exact) mass is 264 g/mol. The van der Waals surface area contributed by atoms with Crippen molar-refractivity contribution in [2.45, 2.75) is 6.43 Å². The van der Waals surface area contributed by atoms with E-state index >= 15 is 0 Å². The van der Waals surface area contributed by atoms with Crippen LogP contribution in [0.15, 0.2) is 12.1 Å². The standard InChI is InChI=1S/C9H7ClF2N2OS/c10-4-1-5-7(16-9(13)14-5)2-6(4)15-3-8(11)12/h1-2,8H,3H2,(H2,13,14). The molecule has 2 aromatic rings. The molecule has 0 aliphatic rings. The van der Waals surface area contributed by atoms with E-state index in [1.54, 1.807) is 12.1 Å². The van der Waals surface area contributed by atoms with Crippen molar-refractivity contribution in [2.75, 3.05) is 12.3 Å². The SMILES string of the molecule is Nc1nc2cc(Cl)c(OCC(F)F)cc2s1. The molecule has 0 spiro atoms. The Morgan fingerprint density at radius 2 is 2.25 bits per heavy atom. The van der Waals surface area contributed by atoms with Crippen LogP contribution < -0.4 is 10.5 Å². The van der Waals surface area contributed by atoms with Gasteiger partial charge in [-0.2, -0.15) is 0 Å².